The number of hydrogen-bond donors (Lipinski definition) is 2. The summed E-state index contributed by atoms with van der Waals surface area (Å²) in [5, 5.41) is 6.16. The van der Waals surface area contributed by atoms with Crippen molar-refractivity contribution in [2.24, 2.45) is 0 Å². The van der Waals surface area contributed by atoms with Crippen molar-refractivity contribution in [3.8, 4) is 5.75 Å². The molecule has 8 heteroatoms. The Balaban J connectivity index is 1.45. The zero-order valence-electron chi connectivity index (χ0n) is 17.8. The van der Waals surface area contributed by atoms with Crippen LogP contribution in [0, 0.1) is 6.92 Å². The molecule has 0 aliphatic carbocycles. The topological polar surface area (TPSA) is 83.6 Å². The van der Waals surface area contributed by atoms with Crippen LogP contribution in [0.15, 0.2) is 54.7 Å². The van der Waals surface area contributed by atoms with Crippen molar-refractivity contribution in [2.75, 3.05) is 37.9 Å². The molecule has 31 heavy (non-hydrogen) atoms. The number of carbonyl (C=O) groups is 2. The van der Waals surface area contributed by atoms with E-state index in [1.165, 1.54) is 22.5 Å². The Labute approximate surface area is 186 Å². The standard InChI is InChI=1S/C23H26N4O3S/c1-16-6-4-7-17(10-16)11-20-13-24-23(31-20)26-22(29)15-27(2)14-21(28)25-18-8-5-9-19(12-18)30-3/h4-10,12-13H,11,14-15H2,1-3H3,(H,25,28)(H,24,26,29). The zero-order chi connectivity index (χ0) is 22.2. The second kappa shape index (κ2) is 10.7. The molecule has 2 N–H and O–H groups in total. The molecule has 0 saturated heterocycles. The average Bonchev–Trinajstić information content (AvgIpc) is 3.14. The number of aromatic nitrogens is 1. The number of likely N-dealkylation sites (N-methyl/N-ethyl adjacent to an activating group) is 1. The first-order chi connectivity index (χ1) is 14.9. The number of ether oxygens (including phenoxy) is 1. The molecule has 2 amide bonds. The number of methoxy groups -OCH3 is 1. The molecule has 3 aromatic rings. The van der Waals surface area contributed by atoms with E-state index in [2.05, 4.69) is 40.7 Å². The van der Waals surface area contributed by atoms with Gasteiger partial charge in [0.15, 0.2) is 5.13 Å². The molecule has 0 aliphatic rings. The summed E-state index contributed by atoms with van der Waals surface area (Å²) in [6.07, 6.45) is 2.56. The van der Waals surface area contributed by atoms with Gasteiger partial charge in [0.1, 0.15) is 5.75 Å². The van der Waals surface area contributed by atoms with Crippen molar-refractivity contribution in [2.45, 2.75) is 13.3 Å². The van der Waals surface area contributed by atoms with E-state index in [4.69, 9.17) is 4.74 Å². The minimum absolute atomic E-state index is 0.0817. The Bertz CT molecular complexity index is 1050. The largest absolute Gasteiger partial charge is 0.497 e. The maximum atomic E-state index is 12.3. The third kappa shape index (κ3) is 7.20. The number of rotatable bonds is 9. The molecule has 1 heterocycles. The van der Waals surface area contributed by atoms with Gasteiger partial charge in [-0.1, -0.05) is 35.9 Å². The maximum Gasteiger partial charge on any atom is 0.240 e. The molecule has 1 aromatic heterocycles. The molecule has 0 aliphatic heterocycles. The zero-order valence-corrected chi connectivity index (χ0v) is 18.7. The van der Waals surface area contributed by atoms with E-state index in [-0.39, 0.29) is 24.9 Å². The first-order valence-electron chi connectivity index (χ1n) is 9.84. The minimum atomic E-state index is -0.215. The fourth-order valence-electron chi connectivity index (χ4n) is 3.08. The van der Waals surface area contributed by atoms with Crippen LogP contribution in [-0.2, 0) is 16.0 Å². The van der Waals surface area contributed by atoms with E-state index in [9.17, 15) is 9.59 Å². The number of aryl methyl sites for hydroxylation is 1. The number of nitrogens with one attached hydrogen (secondary N) is 2. The van der Waals surface area contributed by atoms with Gasteiger partial charge < -0.3 is 15.4 Å². The Hall–Kier alpha value is -3.23. The highest BCUT2D eigenvalue weighted by atomic mass is 32.1. The van der Waals surface area contributed by atoms with Crippen LogP contribution in [0.3, 0.4) is 0 Å². The predicted molar refractivity (Wildman–Crippen MR) is 124 cm³/mol. The number of anilines is 2. The molecule has 0 unspecified atom stereocenters. The molecular formula is C23H26N4O3S. The quantitative estimate of drug-likeness (QED) is 0.534. The number of carbonyl (C=O) groups excluding carboxylic acids is 2. The monoisotopic (exact) mass is 438 g/mol. The highest BCUT2D eigenvalue weighted by molar-refractivity contribution is 7.15. The van der Waals surface area contributed by atoms with E-state index in [1.54, 1.807) is 49.5 Å². The summed E-state index contributed by atoms with van der Waals surface area (Å²) in [5.41, 5.74) is 3.07. The third-order valence-corrected chi connectivity index (χ3v) is 5.35. The van der Waals surface area contributed by atoms with Gasteiger partial charge in [-0.25, -0.2) is 4.98 Å². The molecule has 0 spiro atoms. The van der Waals surface area contributed by atoms with Crippen LogP contribution in [0.25, 0.3) is 0 Å². The molecule has 0 atom stereocenters. The summed E-state index contributed by atoms with van der Waals surface area (Å²) in [5.74, 6) is 0.238. The van der Waals surface area contributed by atoms with Crippen molar-refractivity contribution in [1.29, 1.82) is 0 Å². The van der Waals surface area contributed by atoms with Crippen LogP contribution in [0.1, 0.15) is 16.0 Å². The van der Waals surface area contributed by atoms with Crippen LogP contribution in [0.2, 0.25) is 0 Å². The number of benzene rings is 2. The van der Waals surface area contributed by atoms with Gasteiger partial charge in [0, 0.05) is 29.2 Å². The van der Waals surface area contributed by atoms with Crippen molar-refractivity contribution in [3.63, 3.8) is 0 Å². The van der Waals surface area contributed by atoms with Crippen LogP contribution in [0.5, 0.6) is 5.75 Å². The lowest BCUT2D eigenvalue weighted by molar-refractivity contribution is -0.119. The molecule has 162 valence electrons. The van der Waals surface area contributed by atoms with Crippen molar-refractivity contribution in [3.05, 3.63) is 70.7 Å². The van der Waals surface area contributed by atoms with Crippen molar-refractivity contribution in [1.82, 2.24) is 9.88 Å². The smallest absolute Gasteiger partial charge is 0.240 e. The van der Waals surface area contributed by atoms with Crippen LogP contribution in [-0.4, -0.2) is 48.9 Å². The normalized spacial score (nSPS) is 10.7. The molecule has 0 saturated carbocycles. The number of amides is 2. The van der Waals surface area contributed by atoms with E-state index < -0.39 is 0 Å². The first-order valence-corrected chi connectivity index (χ1v) is 10.7. The molecular weight excluding hydrogens is 412 g/mol. The van der Waals surface area contributed by atoms with Crippen LogP contribution < -0.4 is 15.4 Å². The highest BCUT2D eigenvalue weighted by Crippen LogP contribution is 2.21. The summed E-state index contributed by atoms with van der Waals surface area (Å²) in [6, 6.07) is 15.4. The minimum Gasteiger partial charge on any atom is -0.497 e. The second-order valence-corrected chi connectivity index (χ2v) is 8.41. The number of nitrogens with zero attached hydrogens (tertiary/aromatic N) is 2. The highest BCUT2D eigenvalue weighted by Gasteiger charge is 2.13. The van der Waals surface area contributed by atoms with Gasteiger partial charge in [0.2, 0.25) is 11.8 Å². The second-order valence-electron chi connectivity index (χ2n) is 7.30. The number of hydrogen-bond acceptors (Lipinski definition) is 6. The Morgan fingerprint density at radius 2 is 1.81 bits per heavy atom. The summed E-state index contributed by atoms with van der Waals surface area (Å²) < 4.78 is 5.15. The molecule has 0 fully saturated rings. The SMILES string of the molecule is COc1cccc(NC(=O)CN(C)CC(=O)Nc2ncc(Cc3cccc(C)c3)s2)c1. The summed E-state index contributed by atoms with van der Waals surface area (Å²) in [7, 11) is 3.29. The van der Waals surface area contributed by atoms with Crippen LogP contribution >= 0.6 is 11.3 Å². The van der Waals surface area contributed by atoms with Gasteiger partial charge in [-0.15, -0.1) is 11.3 Å². The summed E-state index contributed by atoms with van der Waals surface area (Å²) in [4.78, 5) is 31.6. The lowest BCUT2D eigenvalue weighted by Gasteiger charge is -2.15. The van der Waals surface area contributed by atoms with E-state index in [1.807, 2.05) is 6.07 Å². The number of thiazole rings is 1. The molecule has 0 bridgehead atoms. The van der Waals surface area contributed by atoms with Gasteiger partial charge in [0.05, 0.1) is 20.2 Å². The molecule has 0 radical (unpaired) electrons. The average molecular weight is 439 g/mol. The van der Waals surface area contributed by atoms with Gasteiger partial charge in [-0.2, -0.15) is 0 Å². The summed E-state index contributed by atoms with van der Waals surface area (Å²) >= 11 is 1.46. The fraction of sp³-hybridized carbons (Fsp3) is 0.261. The van der Waals surface area contributed by atoms with Crippen molar-refractivity contribution >= 4 is 34.0 Å². The third-order valence-electron chi connectivity index (χ3n) is 4.44. The predicted octanol–water partition coefficient (Wildman–Crippen LogP) is 3.56. The van der Waals surface area contributed by atoms with E-state index in [0.717, 1.165) is 11.3 Å². The van der Waals surface area contributed by atoms with Gasteiger partial charge in [-0.3, -0.25) is 14.5 Å². The molecule has 3 rings (SSSR count). The summed E-state index contributed by atoms with van der Waals surface area (Å²) in [6.45, 7) is 2.23. The lowest BCUT2D eigenvalue weighted by atomic mass is 10.1. The Kier molecular flexibility index (Phi) is 7.75. The molecule has 2 aromatic carbocycles. The van der Waals surface area contributed by atoms with Gasteiger partial charge in [0.25, 0.3) is 0 Å². The van der Waals surface area contributed by atoms with E-state index >= 15 is 0 Å². The first kappa shape index (κ1) is 22.5. The maximum absolute atomic E-state index is 12.3. The van der Waals surface area contributed by atoms with Crippen LogP contribution in [0.4, 0.5) is 10.8 Å². The lowest BCUT2D eigenvalue weighted by Crippen LogP contribution is -2.36. The Morgan fingerprint density at radius 1 is 1.06 bits per heavy atom. The fourth-order valence-corrected chi connectivity index (χ4v) is 3.94. The van der Waals surface area contributed by atoms with Crippen molar-refractivity contribution < 1.29 is 14.3 Å². The van der Waals surface area contributed by atoms with E-state index in [0.29, 0.717) is 16.6 Å². The van der Waals surface area contributed by atoms with Gasteiger partial charge >= 0.3 is 0 Å². The Morgan fingerprint density at radius 3 is 2.55 bits per heavy atom. The molecule has 7 nitrogen and oxygen atoms in total. The van der Waals surface area contributed by atoms with Gasteiger partial charge in [-0.05, 0) is 31.7 Å².